The van der Waals surface area contributed by atoms with Crippen LogP contribution in [0.25, 0.3) is 5.65 Å². The lowest BCUT2D eigenvalue weighted by Gasteiger charge is -2.42. The van der Waals surface area contributed by atoms with Gasteiger partial charge in [0.15, 0.2) is 23.1 Å². The molecule has 0 unspecified atom stereocenters. The Balaban J connectivity index is 1.51. The van der Waals surface area contributed by atoms with Gasteiger partial charge in [0.2, 0.25) is 0 Å². The predicted molar refractivity (Wildman–Crippen MR) is 134 cm³/mol. The van der Waals surface area contributed by atoms with Gasteiger partial charge in [0.25, 0.3) is 0 Å². The number of imidazole rings is 1. The number of aromatic nitrogens is 3. The number of aryl methyl sites for hydroxylation is 1. The number of aliphatic imine (C=N–C) groups is 1. The van der Waals surface area contributed by atoms with E-state index in [4.69, 9.17) is 10.5 Å². The van der Waals surface area contributed by atoms with E-state index in [1.807, 2.05) is 32.6 Å². The van der Waals surface area contributed by atoms with E-state index in [0.717, 1.165) is 6.42 Å². The van der Waals surface area contributed by atoms with Gasteiger partial charge in [0, 0.05) is 43.7 Å². The monoisotopic (exact) mass is 499 g/mol. The third-order valence-electron chi connectivity index (χ3n) is 5.90. The summed E-state index contributed by atoms with van der Waals surface area (Å²) >= 11 is 0. The van der Waals surface area contributed by atoms with E-state index in [2.05, 4.69) is 15.0 Å². The van der Waals surface area contributed by atoms with Crippen LogP contribution in [0.1, 0.15) is 45.4 Å². The smallest absolute Gasteiger partial charge is 0.410 e. The fraction of sp³-hybridized carbons (Fsp3) is 0.440. The third-order valence-corrected chi connectivity index (χ3v) is 5.90. The van der Waals surface area contributed by atoms with Gasteiger partial charge in [-0.3, -0.25) is 0 Å². The fourth-order valence-corrected chi connectivity index (χ4v) is 4.17. The van der Waals surface area contributed by atoms with Crippen molar-refractivity contribution in [1.82, 2.24) is 19.3 Å². The Hall–Kier alpha value is -3.76. The molecule has 9 nitrogen and oxygen atoms in total. The van der Waals surface area contributed by atoms with Crippen LogP contribution in [0, 0.1) is 18.6 Å². The molecule has 0 radical (unpaired) electrons. The number of rotatable bonds is 4. The van der Waals surface area contributed by atoms with Gasteiger partial charge >= 0.3 is 6.09 Å². The summed E-state index contributed by atoms with van der Waals surface area (Å²) in [6.45, 7) is 10.7. The minimum atomic E-state index is -0.655. The van der Waals surface area contributed by atoms with Crippen molar-refractivity contribution >= 4 is 29.1 Å². The maximum atomic E-state index is 15.0. The van der Waals surface area contributed by atoms with Crippen LogP contribution >= 0.6 is 0 Å². The Morgan fingerprint density at radius 2 is 1.97 bits per heavy atom. The summed E-state index contributed by atoms with van der Waals surface area (Å²) in [5.74, 6) is -1.48. The number of amides is 1. The molecular weight excluding hydrogens is 468 g/mol. The molecule has 1 amide bonds. The van der Waals surface area contributed by atoms with E-state index >= 15 is 0 Å². The van der Waals surface area contributed by atoms with Gasteiger partial charge in [0.1, 0.15) is 11.4 Å². The number of fused-ring (bicyclic) bond motifs is 1. The molecule has 192 valence electrons. The van der Waals surface area contributed by atoms with E-state index in [0.29, 0.717) is 31.0 Å². The number of halogens is 2. The maximum Gasteiger partial charge on any atom is 0.410 e. The van der Waals surface area contributed by atoms with Crippen molar-refractivity contribution in [3.8, 4) is 0 Å². The summed E-state index contributed by atoms with van der Waals surface area (Å²) in [7, 11) is 0. The second-order valence-corrected chi connectivity index (χ2v) is 9.87. The number of amidine groups is 1. The summed E-state index contributed by atoms with van der Waals surface area (Å²) in [5.41, 5.74) is 7.17. The van der Waals surface area contributed by atoms with Crippen LogP contribution < -0.4 is 10.6 Å². The van der Waals surface area contributed by atoms with Gasteiger partial charge in [-0.1, -0.05) is 6.92 Å². The number of ether oxygens (including phenoxy) is 1. The molecule has 2 N–H and O–H groups in total. The van der Waals surface area contributed by atoms with Crippen molar-refractivity contribution in [2.24, 2.45) is 10.7 Å². The third kappa shape index (κ3) is 5.39. The van der Waals surface area contributed by atoms with E-state index in [9.17, 15) is 13.6 Å². The van der Waals surface area contributed by atoms with E-state index in [1.165, 1.54) is 22.7 Å². The molecule has 4 rings (SSSR count). The van der Waals surface area contributed by atoms with Crippen LogP contribution in [-0.2, 0) is 4.74 Å². The Kier molecular flexibility index (Phi) is 6.83. The van der Waals surface area contributed by atoms with Crippen LogP contribution in [0.3, 0.4) is 0 Å². The topological polar surface area (TPSA) is 101 Å². The standard InChI is InChI=1S/C25H31F2N7O2/c1-6-17-14-32(7-8-34(17)24(35)36-25(3,4)5)18-10-19(26)22(29-11-18)31-21(28)16-9-20(27)23-30-15(2)12-33(23)13-16/h9-13,17H,6-8,14H2,1-5H3,(H2,28,29,31)/t17-/m0/s1. The number of pyridine rings is 2. The molecule has 0 spiro atoms. The Bertz CT molecular complexity index is 1320. The van der Waals surface area contributed by atoms with Crippen molar-refractivity contribution in [2.45, 2.75) is 52.7 Å². The molecule has 3 aromatic rings. The lowest BCUT2D eigenvalue weighted by Crippen LogP contribution is -2.56. The van der Waals surface area contributed by atoms with Crippen molar-refractivity contribution in [3.63, 3.8) is 0 Å². The zero-order chi connectivity index (χ0) is 26.2. The van der Waals surface area contributed by atoms with Crippen LogP contribution in [0.5, 0.6) is 0 Å². The van der Waals surface area contributed by atoms with Crippen LogP contribution in [0.2, 0.25) is 0 Å². The SMILES string of the molecule is CC[C@H]1CN(c2cnc(/N=C(\N)c3cc(F)c4nc(C)cn4c3)c(F)c2)CCN1C(=O)OC(C)(C)C. The molecule has 0 saturated carbocycles. The zero-order valence-corrected chi connectivity index (χ0v) is 21.1. The molecule has 0 aromatic carbocycles. The molecule has 3 aromatic heterocycles. The molecule has 4 heterocycles. The second-order valence-electron chi connectivity index (χ2n) is 9.87. The first-order valence-electron chi connectivity index (χ1n) is 11.8. The van der Waals surface area contributed by atoms with Crippen molar-refractivity contribution in [1.29, 1.82) is 0 Å². The Morgan fingerprint density at radius 3 is 2.64 bits per heavy atom. The molecule has 11 heteroatoms. The number of nitrogens with two attached hydrogens (primary N) is 1. The summed E-state index contributed by atoms with van der Waals surface area (Å²) in [4.78, 5) is 28.7. The van der Waals surface area contributed by atoms with Gasteiger partial charge in [-0.25, -0.2) is 28.5 Å². The number of hydrogen-bond acceptors (Lipinski definition) is 6. The van der Waals surface area contributed by atoms with Crippen molar-refractivity contribution < 1.29 is 18.3 Å². The average Bonchev–Trinajstić information content (AvgIpc) is 3.19. The largest absolute Gasteiger partial charge is 0.444 e. The predicted octanol–water partition coefficient (Wildman–Crippen LogP) is 4.19. The second kappa shape index (κ2) is 9.71. The van der Waals surface area contributed by atoms with E-state index in [1.54, 1.807) is 24.2 Å². The molecular formula is C25H31F2N7O2. The number of carbonyl (C=O) groups is 1. The highest BCUT2D eigenvalue weighted by Crippen LogP contribution is 2.26. The average molecular weight is 500 g/mol. The molecule has 1 aliphatic heterocycles. The van der Waals surface area contributed by atoms with Gasteiger partial charge in [0.05, 0.1) is 23.6 Å². The molecule has 1 fully saturated rings. The first-order chi connectivity index (χ1) is 16.9. The maximum absolute atomic E-state index is 15.0. The summed E-state index contributed by atoms with van der Waals surface area (Å²) in [6, 6.07) is 2.47. The summed E-state index contributed by atoms with van der Waals surface area (Å²) < 4.78 is 36.4. The normalized spacial score (nSPS) is 17.1. The highest BCUT2D eigenvalue weighted by Gasteiger charge is 2.32. The highest BCUT2D eigenvalue weighted by molar-refractivity contribution is 5.98. The first-order valence-corrected chi connectivity index (χ1v) is 11.8. The Labute approximate surface area is 208 Å². The molecule has 0 aliphatic carbocycles. The number of piperazine rings is 1. The molecule has 1 atom stereocenters. The lowest BCUT2D eigenvalue weighted by atomic mass is 10.1. The Morgan fingerprint density at radius 1 is 1.22 bits per heavy atom. The first kappa shape index (κ1) is 25.3. The number of anilines is 1. The summed E-state index contributed by atoms with van der Waals surface area (Å²) in [6.07, 6.45) is 5.14. The van der Waals surface area contributed by atoms with Gasteiger partial charge in [-0.15, -0.1) is 0 Å². The minimum absolute atomic E-state index is 0.0710. The minimum Gasteiger partial charge on any atom is -0.444 e. The van der Waals surface area contributed by atoms with Crippen LogP contribution in [0.15, 0.2) is 35.7 Å². The quantitative estimate of drug-likeness (QED) is 0.427. The number of hydrogen-bond donors (Lipinski definition) is 1. The van der Waals surface area contributed by atoms with Gasteiger partial charge in [-0.2, -0.15) is 0 Å². The molecule has 36 heavy (non-hydrogen) atoms. The van der Waals surface area contributed by atoms with Crippen LogP contribution in [0.4, 0.5) is 25.1 Å². The molecule has 1 aliphatic rings. The van der Waals surface area contributed by atoms with Gasteiger partial charge in [-0.05, 0) is 40.2 Å². The lowest BCUT2D eigenvalue weighted by molar-refractivity contribution is 0.0136. The molecule has 0 bridgehead atoms. The highest BCUT2D eigenvalue weighted by atomic mass is 19.1. The summed E-state index contributed by atoms with van der Waals surface area (Å²) in [5, 5.41) is 0. The number of carbonyl (C=O) groups excluding carboxylic acids is 1. The molecule has 1 saturated heterocycles. The van der Waals surface area contributed by atoms with Crippen LogP contribution in [-0.4, -0.2) is 62.5 Å². The van der Waals surface area contributed by atoms with E-state index in [-0.39, 0.29) is 35.0 Å². The number of nitrogens with zero attached hydrogens (tertiary/aromatic N) is 6. The van der Waals surface area contributed by atoms with Gasteiger partial charge < -0.3 is 24.7 Å². The zero-order valence-electron chi connectivity index (χ0n) is 21.1. The van der Waals surface area contributed by atoms with E-state index < -0.39 is 17.2 Å². The van der Waals surface area contributed by atoms with Crippen molar-refractivity contribution in [3.05, 3.63) is 53.6 Å². The fourth-order valence-electron chi connectivity index (χ4n) is 4.17. The van der Waals surface area contributed by atoms with Crippen molar-refractivity contribution in [2.75, 3.05) is 24.5 Å².